The molecule has 0 spiro atoms. The molecule has 0 saturated heterocycles. The van der Waals surface area contributed by atoms with Gasteiger partial charge in [0.2, 0.25) is 11.2 Å². The summed E-state index contributed by atoms with van der Waals surface area (Å²) in [5.74, 6) is -1.24. The number of aliphatic hydroxyl groups is 3. The molecule has 0 bridgehead atoms. The van der Waals surface area contributed by atoms with E-state index in [0.717, 1.165) is 25.3 Å². The fourth-order valence-electron chi connectivity index (χ4n) is 4.33. The lowest BCUT2D eigenvalue weighted by Crippen LogP contribution is -2.47. The third-order valence-electron chi connectivity index (χ3n) is 6.30. The number of nitrogens with two attached hydrogens (primary N) is 1. The van der Waals surface area contributed by atoms with E-state index < -0.39 is 29.1 Å². The van der Waals surface area contributed by atoms with E-state index in [1.165, 1.54) is 44.6 Å². The number of rotatable bonds is 10. The van der Waals surface area contributed by atoms with Gasteiger partial charge in [-0.3, -0.25) is 4.79 Å². The van der Waals surface area contributed by atoms with Crippen molar-refractivity contribution < 1.29 is 24.8 Å². The summed E-state index contributed by atoms with van der Waals surface area (Å²) in [5, 5.41) is 40.0. The number of aliphatic hydroxyl groups excluding tert-OH is 3. The van der Waals surface area contributed by atoms with Gasteiger partial charge in [-0.1, -0.05) is 64.4 Å². The van der Waals surface area contributed by atoms with Crippen molar-refractivity contribution in [3.8, 4) is 5.75 Å². The third kappa shape index (κ3) is 5.52. The summed E-state index contributed by atoms with van der Waals surface area (Å²) < 4.78 is 5.83. The number of allylic oxidation sites excluding steroid dienone is 2. The van der Waals surface area contributed by atoms with E-state index in [2.05, 4.69) is 6.92 Å². The lowest BCUT2D eigenvalue weighted by atomic mass is 9.89. The summed E-state index contributed by atoms with van der Waals surface area (Å²) in [5.41, 5.74) is 6.11. The molecule has 7 heteroatoms. The van der Waals surface area contributed by atoms with Gasteiger partial charge >= 0.3 is 0 Å². The van der Waals surface area contributed by atoms with Crippen molar-refractivity contribution in [2.24, 2.45) is 11.7 Å². The summed E-state index contributed by atoms with van der Waals surface area (Å²) >= 11 is 0. The third-order valence-corrected chi connectivity index (χ3v) is 6.30. The van der Waals surface area contributed by atoms with Crippen molar-refractivity contribution in [2.75, 3.05) is 0 Å². The van der Waals surface area contributed by atoms with Crippen LogP contribution in [0.2, 0.25) is 0 Å². The van der Waals surface area contributed by atoms with Gasteiger partial charge in [0.05, 0.1) is 5.22 Å². The van der Waals surface area contributed by atoms with Crippen molar-refractivity contribution in [1.82, 2.24) is 0 Å². The second-order valence-electron chi connectivity index (χ2n) is 8.85. The zero-order valence-electron chi connectivity index (χ0n) is 18.7. The average molecular weight is 446 g/mol. The second-order valence-corrected chi connectivity index (χ2v) is 8.85. The Morgan fingerprint density at radius 3 is 2.28 bits per heavy atom. The highest BCUT2D eigenvalue weighted by Crippen LogP contribution is 2.28. The smallest absolute Gasteiger partial charge is 0.234 e. The van der Waals surface area contributed by atoms with Crippen LogP contribution in [0.25, 0.3) is 17.7 Å². The van der Waals surface area contributed by atoms with E-state index in [1.807, 2.05) is 6.08 Å². The highest BCUT2D eigenvalue weighted by molar-refractivity contribution is 5.76. The topological polar surface area (TPSA) is 137 Å². The monoisotopic (exact) mass is 445 g/mol. The Labute approximate surface area is 187 Å². The van der Waals surface area contributed by atoms with Crippen molar-refractivity contribution in [3.63, 3.8) is 0 Å². The average Bonchev–Trinajstić information content (AvgIpc) is 2.77. The number of aromatic hydroxyl groups is 1. The summed E-state index contributed by atoms with van der Waals surface area (Å²) in [4.78, 5) is 12.7. The van der Waals surface area contributed by atoms with Crippen LogP contribution in [-0.4, -0.2) is 38.7 Å². The minimum Gasteiger partial charge on any atom is -0.509 e. The summed E-state index contributed by atoms with van der Waals surface area (Å²) in [7, 11) is 0. The Morgan fingerprint density at radius 2 is 1.62 bits per heavy atom. The van der Waals surface area contributed by atoms with Crippen LogP contribution in [0.15, 0.2) is 27.1 Å². The quantitative estimate of drug-likeness (QED) is 0.347. The normalized spacial score (nSPS) is 24.8. The highest BCUT2D eigenvalue weighted by Gasteiger charge is 2.27. The molecule has 3 rings (SSSR count). The zero-order chi connectivity index (χ0) is 23.3. The lowest BCUT2D eigenvalue weighted by molar-refractivity contribution is 0.0438. The molecule has 7 nitrogen and oxygen atoms in total. The summed E-state index contributed by atoms with van der Waals surface area (Å²) in [6.07, 6.45) is 13.7. The van der Waals surface area contributed by atoms with E-state index in [4.69, 9.17) is 10.2 Å². The number of hydrogen-bond acceptors (Lipinski definition) is 7. The van der Waals surface area contributed by atoms with Crippen LogP contribution in [-0.2, 0) is 0 Å². The van der Waals surface area contributed by atoms with Gasteiger partial charge in [0.1, 0.15) is 23.4 Å². The van der Waals surface area contributed by atoms with Crippen molar-refractivity contribution >= 4 is 17.7 Å². The number of fused-ring (bicyclic) bond motifs is 1. The van der Waals surface area contributed by atoms with Gasteiger partial charge in [-0.25, -0.2) is 0 Å². The predicted octanol–water partition coefficient (Wildman–Crippen LogP) is 1.95. The van der Waals surface area contributed by atoms with E-state index >= 15 is 0 Å². The molecule has 4 unspecified atom stereocenters. The molecule has 176 valence electrons. The van der Waals surface area contributed by atoms with Crippen molar-refractivity contribution in [2.45, 2.75) is 83.0 Å². The van der Waals surface area contributed by atoms with Gasteiger partial charge in [-0.15, -0.1) is 0 Å². The zero-order valence-corrected chi connectivity index (χ0v) is 18.7. The van der Waals surface area contributed by atoms with Crippen LogP contribution in [0.5, 0.6) is 5.75 Å². The molecule has 0 aromatic carbocycles. The first-order chi connectivity index (χ1) is 15.3. The van der Waals surface area contributed by atoms with Crippen LogP contribution >= 0.6 is 0 Å². The summed E-state index contributed by atoms with van der Waals surface area (Å²) in [6, 6.07) is -0.338. The van der Waals surface area contributed by atoms with E-state index in [-0.39, 0.29) is 28.5 Å². The maximum Gasteiger partial charge on any atom is 0.234 e. The summed E-state index contributed by atoms with van der Waals surface area (Å²) in [6.45, 7) is 2.21. The maximum absolute atomic E-state index is 12.7. The molecule has 1 heterocycles. The molecule has 1 aromatic heterocycles. The molecule has 0 radical (unpaired) electrons. The van der Waals surface area contributed by atoms with Gasteiger partial charge in [0, 0.05) is 11.6 Å². The van der Waals surface area contributed by atoms with E-state index in [1.54, 1.807) is 6.08 Å². The molecule has 2 aliphatic rings. The molecular weight excluding hydrogens is 410 g/mol. The molecule has 6 N–H and O–H groups in total. The highest BCUT2D eigenvalue weighted by atomic mass is 16.4. The largest absolute Gasteiger partial charge is 0.509 e. The predicted molar refractivity (Wildman–Crippen MR) is 124 cm³/mol. The van der Waals surface area contributed by atoms with Crippen LogP contribution in [0.3, 0.4) is 0 Å². The first-order valence-corrected chi connectivity index (χ1v) is 11.7. The molecule has 0 amide bonds. The van der Waals surface area contributed by atoms with Gasteiger partial charge in [0.25, 0.3) is 0 Å². The fourth-order valence-corrected chi connectivity index (χ4v) is 4.33. The second kappa shape index (κ2) is 11.0. The van der Waals surface area contributed by atoms with Crippen molar-refractivity contribution in [1.29, 1.82) is 0 Å². The Bertz CT molecular complexity index is 1040. The van der Waals surface area contributed by atoms with Gasteiger partial charge in [0.15, 0.2) is 5.76 Å². The van der Waals surface area contributed by atoms with Crippen LogP contribution in [0.4, 0.5) is 0 Å². The van der Waals surface area contributed by atoms with E-state index in [9.17, 15) is 25.2 Å². The molecular formula is C25H35NO6. The SMILES string of the molecule is CCCCCCCCCCC1C=c2oc(C3=CC(O)C(O)C(O)=C3)c(O)c(=O)c2=CC1N. The molecule has 2 aliphatic carbocycles. The molecule has 0 fully saturated rings. The number of hydrogen-bond donors (Lipinski definition) is 5. The molecule has 32 heavy (non-hydrogen) atoms. The molecule has 0 saturated carbocycles. The minimum atomic E-state index is -1.46. The minimum absolute atomic E-state index is 0.0137. The van der Waals surface area contributed by atoms with Crippen molar-refractivity contribution in [3.05, 3.63) is 44.5 Å². The molecule has 0 aliphatic heterocycles. The Kier molecular flexibility index (Phi) is 8.34. The van der Waals surface area contributed by atoms with E-state index in [0.29, 0.717) is 5.42 Å². The van der Waals surface area contributed by atoms with Crippen LogP contribution in [0, 0.1) is 5.92 Å². The number of unbranched alkanes of at least 4 members (excludes halogenated alkanes) is 7. The van der Waals surface area contributed by atoms with Gasteiger partial charge in [-0.2, -0.15) is 0 Å². The Hall–Kier alpha value is -2.35. The van der Waals surface area contributed by atoms with Gasteiger partial charge < -0.3 is 30.6 Å². The first kappa shape index (κ1) is 24.3. The van der Waals surface area contributed by atoms with Crippen LogP contribution < -0.4 is 21.8 Å². The fraction of sp³-hybridized carbons (Fsp3) is 0.560. The standard InChI is InChI=1S/C25H35NO6/c1-2-3-4-5-6-7-8-9-10-15-13-21-17(14-18(15)26)22(29)24(31)25(32-21)16-11-19(27)23(30)20(28)12-16/h11-15,18-19,23,27-28,30-31H,2-10,26H2,1H3. The molecule has 1 aromatic rings. The lowest BCUT2D eigenvalue weighted by Gasteiger charge is -2.22. The van der Waals surface area contributed by atoms with Crippen LogP contribution in [0.1, 0.15) is 70.5 Å². The maximum atomic E-state index is 12.7. The molecule has 4 atom stereocenters. The van der Waals surface area contributed by atoms with Gasteiger partial charge in [-0.05, 0) is 30.6 Å². The Balaban J connectivity index is 1.76. The first-order valence-electron chi connectivity index (χ1n) is 11.7. The Morgan fingerprint density at radius 1 is 0.969 bits per heavy atom.